The van der Waals surface area contributed by atoms with Gasteiger partial charge in [-0.05, 0) is 69.3 Å². The van der Waals surface area contributed by atoms with E-state index in [-0.39, 0.29) is 16.2 Å². The number of rotatable bonds is 4. The molecule has 0 N–H and O–H groups in total. The molecule has 214 valence electrons. The van der Waals surface area contributed by atoms with Gasteiger partial charge in [-0.25, -0.2) is 0 Å². The first-order valence-corrected chi connectivity index (χ1v) is 16.2. The smallest absolute Gasteiger partial charge is 0.408 e. The van der Waals surface area contributed by atoms with E-state index in [9.17, 15) is 0 Å². The molecule has 0 aromatic heterocycles. The summed E-state index contributed by atoms with van der Waals surface area (Å²) in [6.07, 6.45) is 6.34. The molecular formula is C39H35O3P. The molecule has 2 aliphatic carbocycles. The highest BCUT2D eigenvalue weighted by molar-refractivity contribution is 7.43. The first-order chi connectivity index (χ1) is 20.8. The Labute approximate surface area is 255 Å². The predicted octanol–water partition coefficient (Wildman–Crippen LogP) is 10.7. The van der Waals surface area contributed by atoms with Crippen molar-refractivity contribution in [2.45, 2.75) is 56.8 Å². The van der Waals surface area contributed by atoms with Crippen molar-refractivity contribution < 1.29 is 13.6 Å². The Morgan fingerprint density at radius 2 is 1.14 bits per heavy atom. The number of hydrogen-bond acceptors (Lipinski definition) is 3. The van der Waals surface area contributed by atoms with Crippen molar-refractivity contribution in [2.75, 3.05) is 0 Å². The summed E-state index contributed by atoms with van der Waals surface area (Å²) in [4.78, 5) is 0. The zero-order chi connectivity index (χ0) is 29.4. The molecule has 8 rings (SSSR count). The lowest BCUT2D eigenvalue weighted by Crippen LogP contribution is -2.28. The van der Waals surface area contributed by atoms with Crippen LogP contribution in [-0.4, -0.2) is 0 Å². The molecule has 4 heteroatoms. The van der Waals surface area contributed by atoms with E-state index in [1.54, 1.807) is 0 Å². The van der Waals surface area contributed by atoms with Crippen molar-refractivity contribution in [1.29, 1.82) is 0 Å². The van der Waals surface area contributed by atoms with Crippen LogP contribution in [0.25, 0.3) is 22.9 Å². The van der Waals surface area contributed by atoms with Crippen LogP contribution in [-0.2, 0) is 16.2 Å². The van der Waals surface area contributed by atoms with Crippen molar-refractivity contribution >= 4 is 31.5 Å². The van der Waals surface area contributed by atoms with Gasteiger partial charge in [0.15, 0.2) is 0 Å². The summed E-state index contributed by atoms with van der Waals surface area (Å²) < 4.78 is 20.2. The van der Waals surface area contributed by atoms with Gasteiger partial charge in [-0.3, -0.25) is 0 Å². The minimum Gasteiger partial charge on any atom is -0.408 e. The Morgan fingerprint density at radius 3 is 1.84 bits per heavy atom. The molecule has 3 aliphatic rings. The number of fused-ring (bicyclic) bond motifs is 1. The highest BCUT2D eigenvalue weighted by Crippen LogP contribution is 2.68. The van der Waals surface area contributed by atoms with E-state index in [4.69, 9.17) is 13.6 Å². The molecule has 43 heavy (non-hydrogen) atoms. The van der Waals surface area contributed by atoms with Crippen LogP contribution in [0.3, 0.4) is 0 Å². The van der Waals surface area contributed by atoms with Gasteiger partial charge in [-0.1, -0.05) is 125 Å². The van der Waals surface area contributed by atoms with Crippen LogP contribution < -0.4 is 13.6 Å². The maximum absolute atomic E-state index is 6.77. The van der Waals surface area contributed by atoms with E-state index in [1.807, 2.05) is 18.2 Å². The first-order valence-electron chi connectivity index (χ1n) is 15.1. The molecule has 0 saturated carbocycles. The Bertz CT molecular complexity index is 1860. The third-order valence-corrected chi connectivity index (χ3v) is 10.7. The molecular weight excluding hydrogens is 547 g/mol. The standard InChI is InChI=1S/C39H35O3P/c1-37(2)24-39-25-38(3,4)31-18-11-21-34(36(31)39)42-43(41-33-20-10-17-30(37)35(33)39)40-32-19-8-6-13-28(32)23-22-27-15-9-14-26-12-5-7-16-29(26)27/h5-23H,24-25H2,1-4H3/b23-22+. The number of benzene rings is 5. The fraction of sp³-hybridized carbons (Fsp3) is 0.231. The van der Waals surface area contributed by atoms with Gasteiger partial charge in [0.1, 0.15) is 17.2 Å². The first kappa shape index (κ1) is 26.5. The van der Waals surface area contributed by atoms with Gasteiger partial charge >= 0.3 is 8.60 Å². The molecule has 0 bridgehead atoms. The molecule has 5 aromatic rings. The van der Waals surface area contributed by atoms with Crippen LogP contribution >= 0.6 is 8.60 Å². The summed E-state index contributed by atoms with van der Waals surface area (Å²) >= 11 is 0. The second kappa shape index (κ2) is 9.46. The van der Waals surface area contributed by atoms with Gasteiger partial charge in [-0.2, -0.15) is 0 Å². The third kappa shape index (κ3) is 4.13. The lowest BCUT2D eigenvalue weighted by Gasteiger charge is -2.34. The van der Waals surface area contributed by atoms with Crippen LogP contribution in [0.1, 0.15) is 73.9 Å². The Hall–Kier alpha value is -4.07. The Kier molecular flexibility index (Phi) is 5.84. The number of para-hydroxylation sites is 1. The minimum atomic E-state index is -1.78. The van der Waals surface area contributed by atoms with Crippen molar-refractivity contribution in [3.63, 3.8) is 0 Å². The lowest BCUT2D eigenvalue weighted by molar-refractivity contribution is 0.327. The van der Waals surface area contributed by atoms with E-state index >= 15 is 0 Å². The molecule has 0 fully saturated rings. The maximum atomic E-state index is 6.77. The van der Waals surface area contributed by atoms with Crippen molar-refractivity contribution in [2.24, 2.45) is 0 Å². The topological polar surface area (TPSA) is 27.7 Å². The van der Waals surface area contributed by atoms with E-state index in [2.05, 4.69) is 125 Å². The van der Waals surface area contributed by atoms with Crippen molar-refractivity contribution in [3.05, 3.63) is 137 Å². The molecule has 1 aliphatic heterocycles. The van der Waals surface area contributed by atoms with E-state index in [0.717, 1.165) is 35.7 Å². The van der Waals surface area contributed by atoms with Crippen LogP contribution in [0.5, 0.6) is 17.2 Å². The van der Waals surface area contributed by atoms with Crippen LogP contribution in [0.15, 0.2) is 103 Å². The Morgan fingerprint density at radius 1 is 0.605 bits per heavy atom. The van der Waals surface area contributed by atoms with Crippen molar-refractivity contribution in [3.8, 4) is 17.2 Å². The minimum absolute atomic E-state index is 0.0203. The highest BCUT2D eigenvalue weighted by atomic mass is 31.2. The van der Waals surface area contributed by atoms with Gasteiger partial charge in [0.2, 0.25) is 0 Å². The summed E-state index contributed by atoms with van der Waals surface area (Å²) in [6, 6.07) is 36.0. The largest absolute Gasteiger partial charge is 0.530 e. The van der Waals surface area contributed by atoms with Gasteiger partial charge < -0.3 is 13.6 Å². The van der Waals surface area contributed by atoms with E-state index in [0.29, 0.717) is 0 Å². The summed E-state index contributed by atoms with van der Waals surface area (Å²) in [5, 5.41) is 2.45. The van der Waals surface area contributed by atoms with Gasteiger partial charge in [0.25, 0.3) is 0 Å². The van der Waals surface area contributed by atoms with Crippen LogP contribution in [0, 0.1) is 0 Å². The van der Waals surface area contributed by atoms with Gasteiger partial charge in [0, 0.05) is 22.1 Å². The maximum Gasteiger partial charge on any atom is 0.530 e. The monoisotopic (exact) mass is 582 g/mol. The van der Waals surface area contributed by atoms with Crippen LogP contribution in [0.4, 0.5) is 0 Å². The quantitative estimate of drug-likeness (QED) is 0.156. The summed E-state index contributed by atoms with van der Waals surface area (Å²) in [5.41, 5.74) is 7.42. The molecule has 5 aromatic carbocycles. The van der Waals surface area contributed by atoms with E-state index in [1.165, 1.54) is 38.6 Å². The second-order valence-electron chi connectivity index (χ2n) is 13.5. The summed E-state index contributed by atoms with van der Waals surface area (Å²) in [5.74, 6) is 2.50. The van der Waals surface area contributed by atoms with Gasteiger partial charge in [-0.15, -0.1) is 0 Å². The number of hydrogen-bond donors (Lipinski definition) is 0. The normalized spacial score (nSPS) is 18.8. The zero-order valence-corrected chi connectivity index (χ0v) is 26.0. The molecule has 1 heterocycles. The average Bonchev–Trinajstić information content (AvgIpc) is 3.36. The molecule has 0 saturated heterocycles. The Balaban J connectivity index is 1.21. The summed E-state index contributed by atoms with van der Waals surface area (Å²) in [6.45, 7) is 9.48. The SMILES string of the molecule is CC1(C)CC23CC(C)(C)c4cccc(c42)OP(Oc2ccccc2/C=C/c2cccc4ccccc24)Oc2cccc1c23. The third-order valence-electron chi connectivity index (χ3n) is 9.66. The van der Waals surface area contributed by atoms with Gasteiger partial charge in [0.05, 0.1) is 0 Å². The lowest BCUT2D eigenvalue weighted by atomic mass is 9.72. The second-order valence-corrected chi connectivity index (χ2v) is 14.5. The zero-order valence-electron chi connectivity index (χ0n) is 25.1. The molecule has 0 amide bonds. The summed E-state index contributed by atoms with van der Waals surface area (Å²) in [7, 11) is -1.78. The molecule has 0 atom stereocenters. The van der Waals surface area contributed by atoms with E-state index < -0.39 is 8.60 Å². The molecule has 3 nitrogen and oxygen atoms in total. The molecule has 0 unspecified atom stereocenters. The van der Waals surface area contributed by atoms with Crippen LogP contribution in [0.2, 0.25) is 0 Å². The molecule has 1 spiro atoms. The fourth-order valence-corrected chi connectivity index (χ4v) is 9.21. The molecule has 0 radical (unpaired) electrons. The predicted molar refractivity (Wildman–Crippen MR) is 177 cm³/mol. The average molecular weight is 583 g/mol. The highest BCUT2D eigenvalue weighted by Gasteiger charge is 2.59. The van der Waals surface area contributed by atoms with Crippen molar-refractivity contribution in [1.82, 2.24) is 0 Å². The fourth-order valence-electron chi connectivity index (χ4n) is 8.14.